The SMILES string of the molecule is COc1ccc(Br)cc1NCc1ccsc1C(=O)O. The summed E-state index contributed by atoms with van der Waals surface area (Å²) in [6, 6.07) is 7.44. The number of rotatable bonds is 5. The molecule has 0 fully saturated rings. The van der Waals surface area contributed by atoms with Crippen molar-refractivity contribution in [3.05, 3.63) is 44.6 Å². The van der Waals surface area contributed by atoms with E-state index in [9.17, 15) is 4.79 Å². The van der Waals surface area contributed by atoms with Gasteiger partial charge in [-0.2, -0.15) is 0 Å². The van der Waals surface area contributed by atoms with E-state index in [1.54, 1.807) is 12.5 Å². The summed E-state index contributed by atoms with van der Waals surface area (Å²) in [4.78, 5) is 11.4. The maximum Gasteiger partial charge on any atom is 0.346 e. The molecule has 0 spiro atoms. The van der Waals surface area contributed by atoms with Crippen LogP contribution in [0.4, 0.5) is 5.69 Å². The standard InChI is InChI=1S/C13H12BrNO3S/c1-18-11-3-2-9(14)6-10(11)15-7-8-4-5-19-12(8)13(16)17/h2-6,15H,7H2,1H3,(H,16,17). The fourth-order valence-corrected chi connectivity index (χ4v) is 2.79. The van der Waals surface area contributed by atoms with E-state index in [4.69, 9.17) is 9.84 Å². The molecule has 1 heterocycles. The highest BCUT2D eigenvalue weighted by atomic mass is 79.9. The second-order valence-electron chi connectivity index (χ2n) is 3.78. The van der Waals surface area contributed by atoms with Crippen molar-refractivity contribution < 1.29 is 14.6 Å². The van der Waals surface area contributed by atoms with Crippen LogP contribution in [0.3, 0.4) is 0 Å². The van der Waals surface area contributed by atoms with Crippen LogP contribution in [0.2, 0.25) is 0 Å². The van der Waals surface area contributed by atoms with Gasteiger partial charge in [0.15, 0.2) is 0 Å². The molecule has 0 amide bonds. The quantitative estimate of drug-likeness (QED) is 0.867. The topological polar surface area (TPSA) is 58.6 Å². The van der Waals surface area contributed by atoms with Crippen LogP contribution in [0.1, 0.15) is 15.2 Å². The number of benzene rings is 1. The Hall–Kier alpha value is -1.53. The summed E-state index contributed by atoms with van der Waals surface area (Å²) < 4.78 is 6.18. The van der Waals surface area contributed by atoms with Gasteiger partial charge in [-0.25, -0.2) is 4.79 Å². The lowest BCUT2D eigenvalue weighted by atomic mass is 10.2. The molecule has 4 nitrogen and oxygen atoms in total. The fourth-order valence-electron chi connectivity index (χ4n) is 1.67. The normalized spacial score (nSPS) is 10.2. The zero-order valence-corrected chi connectivity index (χ0v) is 12.5. The third-order valence-electron chi connectivity index (χ3n) is 2.57. The zero-order chi connectivity index (χ0) is 13.8. The van der Waals surface area contributed by atoms with E-state index < -0.39 is 5.97 Å². The highest BCUT2D eigenvalue weighted by Gasteiger charge is 2.12. The molecule has 100 valence electrons. The van der Waals surface area contributed by atoms with Gasteiger partial charge in [-0.15, -0.1) is 11.3 Å². The van der Waals surface area contributed by atoms with Crippen LogP contribution in [0, 0.1) is 0 Å². The molecule has 0 unspecified atom stereocenters. The Kier molecular flexibility index (Phi) is 4.44. The minimum Gasteiger partial charge on any atom is -0.495 e. The van der Waals surface area contributed by atoms with Gasteiger partial charge in [0.1, 0.15) is 10.6 Å². The van der Waals surface area contributed by atoms with E-state index in [1.807, 2.05) is 24.3 Å². The first-order chi connectivity index (χ1) is 9.11. The molecule has 0 radical (unpaired) electrons. The number of carboxylic acids is 1. The van der Waals surface area contributed by atoms with Crippen LogP contribution in [0.15, 0.2) is 34.1 Å². The molecule has 6 heteroatoms. The summed E-state index contributed by atoms with van der Waals surface area (Å²) >= 11 is 4.62. The number of hydrogen-bond acceptors (Lipinski definition) is 4. The molecule has 2 N–H and O–H groups in total. The third-order valence-corrected chi connectivity index (χ3v) is 4.01. The lowest BCUT2D eigenvalue weighted by molar-refractivity contribution is 0.0701. The van der Waals surface area contributed by atoms with Crippen molar-refractivity contribution in [3.63, 3.8) is 0 Å². The monoisotopic (exact) mass is 341 g/mol. The van der Waals surface area contributed by atoms with Gasteiger partial charge in [-0.1, -0.05) is 15.9 Å². The second kappa shape index (κ2) is 6.08. The Morgan fingerprint density at radius 3 is 2.95 bits per heavy atom. The number of carbonyl (C=O) groups is 1. The molecule has 0 atom stereocenters. The van der Waals surface area contributed by atoms with Gasteiger partial charge >= 0.3 is 5.97 Å². The summed E-state index contributed by atoms with van der Waals surface area (Å²) in [7, 11) is 1.60. The Labute approximate surface area is 123 Å². The summed E-state index contributed by atoms with van der Waals surface area (Å²) in [6.07, 6.45) is 0. The van der Waals surface area contributed by atoms with Crippen molar-refractivity contribution in [2.75, 3.05) is 12.4 Å². The molecule has 2 rings (SSSR count). The number of halogens is 1. The van der Waals surface area contributed by atoms with Crippen LogP contribution in [-0.2, 0) is 6.54 Å². The van der Waals surface area contributed by atoms with E-state index in [0.717, 1.165) is 21.5 Å². The van der Waals surface area contributed by atoms with Crippen molar-refractivity contribution in [1.29, 1.82) is 0 Å². The van der Waals surface area contributed by atoms with E-state index in [2.05, 4.69) is 21.2 Å². The number of nitrogens with one attached hydrogen (secondary N) is 1. The summed E-state index contributed by atoms with van der Waals surface area (Å²) in [5.74, 6) is -0.177. The Morgan fingerprint density at radius 2 is 2.26 bits per heavy atom. The van der Waals surface area contributed by atoms with Gasteiger partial charge < -0.3 is 15.2 Å². The molecule has 0 bridgehead atoms. The third kappa shape index (κ3) is 3.27. The van der Waals surface area contributed by atoms with Crippen LogP contribution in [0.5, 0.6) is 5.75 Å². The van der Waals surface area contributed by atoms with Crippen LogP contribution in [-0.4, -0.2) is 18.2 Å². The summed E-state index contributed by atoms with van der Waals surface area (Å²) in [5.41, 5.74) is 1.58. The number of thiophene rings is 1. The predicted octanol–water partition coefficient (Wildman–Crippen LogP) is 3.83. The number of carboxylic acid groups (broad SMARTS) is 1. The van der Waals surface area contributed by atoms with Crippen LogP contribution < -0.4 is 10.1 Å². The number of ether oxygens (including phenoxy) is 1. The van der Waals surface area contributed by atoms with Gasteiger partial charge in [-0.05, 0) is 35.2 Å². The smallest absolute Gasteiger partial charge is 0.346 e. The van der Waals surface area contributed by atoms with Gasteiger partial charge in [0.25, 0.3) is 0 Å². The second-order valence-corrected chi connectivity index (χ2v) is 5.61. The minimum absolute atomic E-state index is 0.362. The first-order valence-electron chi connectivity index (χ1n) is 5.49. The lowest BCUT2D eigenvalue weighted by Gasteiger charge is -2.11. The molecular weight excluding hydrogens is 330 g/mol. The Morgan fingerprint density at radius 1 is 1.47 bits per heavy atom. The first kappa shape index (κ1) is 13.9. The first-order valence-corrected chi connectivity index (χ1v) is 7.16. The molecular formula is C13H12BrNO3S. The van der Waals surface area contributed by atoms with Crippen LogP contribution >= 0.6 is 27.3 Å². The van der Waals surface area contributed by atoms with E-state index >= 15 is 0 Å². The number of hydrogen-bond donors (Lipinski definition) is 2. The lowest BCUT2D eigenvalue weighted by Crippen LogP contribution is -2.05. The minimum atomic E-state index is -0.895. The largest absolute Gasteiger partial charge is 0.495 e. The Bertz CT molecular complexity index is 597. The van der Waals surface area contributed by atoms with E-state index in [1.165, 1.54) is 11.3 Å². The average Bonchev–Trinajstić information content (AvgIpc) is 2.85. The number of methoxy groups -OCH3 is 1. The highest BCUT2D eigenvalue weighted by Crippen LogP contribution is 2.29. The van der Waals surface area contributed by atoms with Gasteiger partial charge in [-0.3, -0.25) is 0 Å². The fraction of sp³-hybridized carbons (Fsp3) is 0.154. The van der Waals surface area contributed by atoms with Crippen molar-refractivity contribution in [2.24, 2.45) is 0 Å². The molecule has 0 aliphatic heterocycles. The van der Waals surface area contributed by atoms with Crippen molar-refractivity contribution in [1.82, 2.24) is 0 Å². The average molecular weight is 342 g/mol. The maximum absolute atomic E-state index is 11.0. The molecule has 19 heavy (non-hydrogen) atoms. The summed E-state index contributed by atoms with van der Waals surface area (Å²) in [6.45, 7) is 0.442. The van der Waals surface area contributed by atoms with E-state index in [0.29, 0.717) is 11.4 Å². The van der Waals surface area contributed by atoms with Crippen LogP contribution in [0.25, 0.3) is 0 Å². The number of aromatic carboxylic acids is 1. The highest BCUT2D eigenvalue weighted by molar-refractivity contribution is 9.10. The predicted molar refractivity (Wildman–Crippen MR) is 79.3 cm³/mol. The van der Waals surface area contributed by atoms with Crippen molar-refractivity contribution in [3.8, 4) is 5.75 Å². The van der Waals surface area contributed by atoms with Crippen molar-refractivity contribution >= 4 is 38.9 Å². The molecule has 1 aromatic heterocycles. The van der Waals surface area contributed by atoms with Gasteiger partial charge in [0.2, 0.25) is 0 Å². The molecule has 0 saturated heterocycles. The molecule has 0 aliphatic carbocycles. The number of anilines is 1. The molecule has 0 saturated carbocycles. The maximum atomic E-state index is 11.0. The van der Waals surface area contributed by atoms with Gasteiger partial charge in [0, 0.05) is 11.0 Å². The molecule has 1 aromatic carbocycles. The Balaban J connectivity index is 2.16. The molecule has 0 aliphatic rings. The van der Waals surface area contributed by atoms with Gasteiger partial charge in [0.05, 0.1) is 12.8 Å². The van der Waals surface area contributed by atoms with Crippen molar-refractivity contribution in [2.45, 2.75) is 6.54 Å². The van der Waals surface area contributed by atoms with E-state index in [-0.39, 0.29) is 0 Å². The zero-order valence-electron chi connectivity index (χ0n) is 10.1. The molecule has 2 aromatic rings. The summed E-state index contributed by atoms with van der Waals surface area (Å²) in [5, 5.41) is 14.0.